The van der Waals surface area contributed by atoms with Crippen LogP contribution in [-0.4, -0.2) is 30.3 Å². The molecule has 0 saturated heterocycles. The normalized spacial score (nSPS) is 46.1. The van der Waals surface area contributed by atoms with Crippen molar-refractivity contribution in [1.29, 1.82) is 0 Å². The van der Waals surface area contributed by atoms with Crippen molar-refractivity contribution in [2.24, 2.45) is 56.7 Å². The van der Waals surface area contributed by atoms with E-state index in [0.717, 1.165) is 19.3 Å². The number of ketones is 2. The standard InChI is InChI=1S/C32H42F3NO4/c1-18-19-8-9-29(5)23(28(19,4)16-21(36-7)25(18)38)14-22(37)24-20-15-27(2,3)10-12-31(20,13-11-30(24,29)6)17-40-26(39)32(33,34)35/h16,18-20,23-24H,8-15,17H2,1-6H3/t18-,19-,20-,23+,24-,28-,29+,30+,31+/m0/s1. The van der Waals surface area contributed by atoms with Gasteiger partial charge in [0.1, 0.15) is 5.78 Å². The van der Waals surface area contributed by atoms with Gasteiger partial charge in [-0.15, -0.1) is 0 Å². The number of hydrogen-bond acceptors (Lipinski definition) is 4. The summed E-state index contributed by atoms with van der Waals surface area (Å²) in [6.07, 6.45) is 2.28. The minimum absolute atomic E-state index is 0.0352. The number of halogens is 3. The van der Waals surface area contributed by atoms with E-state index in [1.807, 2.05) is 13.0 Å². The molecule has 0 unspecified atom stereocenters. The zero-order valence-electron chi connectivity index (χ0n) is 24.5. The highest BCUT2D eigenvalue weighted by atomic mass is 19.4. The summed E-state index contributed by atoms with van der Waals surface area (Å²) in [6, 6.07) is 0. The summed E-state index contributed by atoms with van der Waals surface area (Å²) in [4.78, 5) is 42.7. The maximum atomic E-state index is 14.4. The number of hydrogen-bond donors (Lipinski definition) is 0. The fraction of sp³-hybridized carbons (Fsp3) is 0.812. The lowest BCUT2D eigenvalue weighted by molar-refractivity contribution is -0.231. The van der Waals surface area contributed by atoms with Crippen molar-refractivity contribution < 1.29 is 32.3 Å². The molecule has 0 aromatic heterocycles. The van der Waals surface area contributed by atoms with Crippen molar-refractivity contribution in [2.75, 3.05) is 6.61 Å². The molecule has 9 atom stereocenters. The molecule has 5 aliphatic rings. The van der Waals surface area contributed by atoms with Crippen LogP contribution in [0, 0.1) is 63.2 Å². The summed E-state index contributed by atoms with van der Waals surface area (Å²) >= 11 is 0. The molecule has 0 aromatic carbocycles. The van der Waals surface area contributed by atoms with Crippen LogP contribution in [0.1, 0.15) is 92.9 Å². The number of fused-ring (bicyclic) bond motifs is 7. The van der Waals surface area contributed by atoms with Crippen LogP contribution in [0.4, 0.5) is 13.2 Å². The number of carbonyl (C=O) groups excluding carboxylic acids is 3. The van der Waals surface area contributed by atoms with E-state index >= 15 is 0 Å². The quantitative estimate of drug-likeness (QED) is 0.261. The highest BCUT2D eigenvalue weighted by Crippen LogP contribution is 2.75. The van der Waals surface area contributed by atoms with Crippen molar-refractivity contribution in [3.63, 3.8) is 0 Å². The second-order valence-electron chi connectivity index (χ2n) is 15.3. The predicted molar refractivity (Wildman–Crippen MR) is 142 cm³/mol. The van der Waals surface area contributed by atoms with Crippen molar-refractivity contribution in [1.82, 2.24) is 0 Å². The zero-order chi connectivity index (χ0) is 29.7. The van der Waals surface area contributed by atoms with Crippen LogP contribution < -0.4 is 0 Å². The lowest BCUT2D eigenvalue weighted by Gasteiger charge is -2.71. The Bertz CT molecular complexity index is 1220. The number of carbonyl (C=O) groups is 3. The van der Waals surface area contributed by atoms with Gasteiger partial charge in [-0.05, 0) is 84.4 Å². The second-order valence-corrected chi connectivity index (χ2v) is 15.3. The van der Waals surface area contributed by atoms with Gasteiger partial charge < -0.3 is 9.53 Å². The first-order valence-corrected chi connectivity index (χ1v) is 14.8. The molecule has 0 bridgehead atoms. The Kier molecular flexibility index (Phi) is 6.54. The molecule has 8 heteroatoms. The van der Waals surface area contributed by atoms with Crippen LogP contribution in [0.15, 0.2) is 11.8 Å². The van der Waals surface area contributed by atoms with Crippen LogP contribution in [0.5, 0.6) is 0 Å². The number of alkyl halides is 3. The molecule has 0 aliphatic heterocycles. The van der Waals surface area contributed by atoms with Crippen molar-refractivity contribution in [3.8, 4) is 0 Å². The topological polar surface area (TPSA) is 64.8 Å². The first-order chi connectivity index (χ1) is 18.4. The van der Waals surface area contributed by atoms with Gasteiger partial charge in [0.25, 0.3) is 0 Å². The molecular formula is C32H42F3NO4. The van der Waals surface area contributed by atoms with E-state index < -0.39 is 28.4 Å². The van der Waals surface area contributed by atoms with Gasteiger partial charge in [-0.3, -0.25) is 4.79 Å². The Labute approximate surface area is 235 Å². The van der Waals surface area contributed by atoms with Gasteiger partial charge in [0.05, 0.1) is 13.2 Å². The third-order valence-electron chi connectivity index (χ3n) is 13.0. The Morgan fingerprint density at radius 2 is 1.68 bits per heavy atom. The predicted octanol–water partition coefficient (Wildman–Crippen LogP) is 7.35. The lowest BCUT2D eigenvalue weighted by Crippen LogP contribution is -2.68. The fourth-order valence-corrected chi connectivity index (χ4v) is 10.5. The van der Waals surface area contributed by atoms with Gasteiger partial charge in [0.2, 0.25) is 5.70 Å². The largest absolute Gasteiger partial charge is 0.490 e. The first kappa shape index (κ1) is 29.3. The van der Waals surface area contributed by atoms with E-state index in [2.05, 4.69) is 39.5 Å². The van der Waals surface area contributed by atoms with Crippen LogP contribution in [0.3, 0.4) is 0 Å². The Morgan fingerprint density at radius 1 is 1.02 bits per heavy atom. The van der Waals surface area contributed by atoms with Crippen LogP contribution in [0.2, 0.25) is 0 Å². The van der Waals surface area contributed by atoms with Gasteiger partial charge >= 0.3 is 12.1 Å². The number of esters is 1. The SMILES string of the molecule is [C-]#[N+]C1=C[C@]2(C)[C@H]3CC(=O)[C@@H]4[C@@H]5CC(C)(C)CC[C@]5(COC(=O)C(F)(F)F)CC[C@@]4(C)[C@]3(C)CC[C@H]2[C@H](C)C1=O. The molecule has 0 spiro atoms. The highest BCUT2D eigenvalue weighted by molar-refractivity contribution is 6.00. The summed E-state index contributed by atoms with van der Waals surface area (Å²) in [6.45, 7) is 20.2. The van der Waals surface area contributed by atoms with E-state index in [1.54, 1.807) is 0 Å². The molecule has 5 nitrogen and oxygen atoms in total. The summed E-state index contributed by atoms with van der Waals surface area (Å²) in [5.41, 5.74) is -1.66. The minimum Gasteiger partial charge on any atom is -0.458 e. The van der Waals surface area contributed by atoms with Gasteiger partial charge in [-0.2, -0.15) is 13.2 Å². The molecule has 4 fully saturated rings. The average Bonchev–Trinajstić information content (AvgIpc) is 2.86. The average molecular weight is 562 g/mol. The Balaban J connectivity index is 1.56. The van der Waals surface area contributed by atoms with E-state index in [9.17, 15) is 27.6 Å². The highest BCUT2D eigenvalue weighted by Gasteiger charge is 2.71. The molecule has 0 radical (unpaired) electrons. The molecular weight excluding hydrogens is 519 g/mol. The van der Waals surface area contributed by atoms with Gasteiger partial charge in [-0.25, -0.2) is 9.64 Å². The molecule has 5 aliphatic carbocycles. The number of nitrogens with zero attached hydrogens (tertiary/aromatic N) is 1. The minimum atomic E-state index is -5.05. The molecule has 0 N–H and O–H groups in total. The van der Waals surface area contributed by atoms with E-state index in [4.69, 9.17) is 11.3 Å². The van der Waals surface area contributed by atoms with Gasteiger partial charge in [-0.1, -0.05) is 47.6 Å². The molecule has 40 heavy (non-hydrogen) atoms. The number of allylic oxidation sites excluding steroid dienone is 2. The molecule has 4 saturated carbocycles. The second kappa shape index (κ2) is 8.91. The number of Topliss-reactive ketones (excluding diaryl/α,β-unsaturated/α-hetero) is 2. The van der Waals surface area contributed by atoms with E-state index in [1.165, 1.54) is 0 Å². The monoisotopic (exact) mass is 561 g/mol. The van der Waals surface area contributed by atoms with Crippen LogP contribution in [0.25, 0.3) is 4.85 Å². The van der Waals surface area contributed by atoms with Gasteiger partial charge in [0.15, 0.2) is 5.78 Å². The summed E-state index contributed by atoms with van der Waals surface area (Å²) in [7, 11) is 0. The maximum Gasteiger partial charge on any atom is 0.490 e. The molecule has 0 heterocycles. The Hall–Kier alpha value is -2.17. The van der Waals surface area contributed by atoms with Crippen molar-refractivity contribution in [3.05, 3.63) is 23.2 Å². The Morgan fingerprint density at radius 3 is 2.30 bits per heavy atom. The first-order valence-electron chi connectivity index (χ1n) is 14.8. The lowest BCUT2D eigenvalue weighted by atomic mass is 9.32. The fourth-order valence-electron chi connectivity index (χ4n) is 10.5. The van der Waals surface area contributed by atoms with Crippen LogP contribution in [-0.2, 0) is 19.1 Å². The van der Waals surface area contributed by atoms with Crippen LogP contribution >= 0.6 is 0 Å². The summed E-state index contributed by atoms with van der Waals surface area (Å²) in [5, 5.41) is 0. The van der Waals surface area contributed by atoms with Gasteiger partial charge in [0, 0.05) is 23.7 Å². The third-order valence-corrected chi connectivity index (χ3v) is 13.0. The smallest absolute Gasteiger partial charge is 0.458 e. The van der Waals surface area contributed by atoms with Crippen molar-refractivity contribution in [2.45, 2.75) is 99.1 Å². The van der Waals surface area contributed by atoms with E-state index in [-0.39, 0.29) is 64.3 Å². The molecule has 5 rings (SSSR count). The molecule has 0 amide bonds. The molecule has 0 aromatic rings. The summed E-state index contributed by atoms with van der Waals surface area (Å²) < 4.78 is 44.2. The third kappa shape index (κ3) is 3.96. The molecule has 220 valence electrons. The number of ether oxygens (including phenoxy) is 1. The number of rotatable bonds is 2. The summed E-state index contributed by atoms with van der Waals surface area (Å²) in [5.74, 6) is -2.87. The zero-order valence-corrected chi connectivity index (χ0v) is 24.5. The van der Waals surface area contributed by atoms with Crippen molar-refractivity contribution >= 4 is 17.5 Å². The van der Waals surface area contributed by atoms with E-state index in [0.29, 0.717) is 32.1 Å². The maximum absolute atomic E-state index is 14.4.